The lowest BCUT2D eigenvalue weighted by Crippen LogP contribution is -2.38. The summed E-state index contributed by atoms with van der Waals surface area (Å²) in [5.41, 5.74) is 1.13. The molecular weight excluding hydrogens is 216 g/mol. The molecule has 1 aromatic carbocycles. The van der Waals surface area contributed by atoms with Gasteiger partial charge in [-0.3, -0.25) is 0 Å². The van der Waals surface area contributed by atoms with Crippen LogP contribution in [0, 0.1) is 0 Å². The van der Waals surface area contributed by atoms with Crippen molar-refractivity contribution >= 4 is 0 Å². The normalized spacial score (nSPS) is 20.1. The zero-order valence-corrected chi connectivity index (χ0v) is 10.6. The summed E-state index contributed by atoms with van der Waals surface area (Å²) in [7, 11) is 4.13. The number of benzene rings is 1. The monoisotopic (exact) mass is 236 g/mol. The lowest BCUT2D eigenvalue weighted by Gasteiger charge is -2.21. The van der Waals surface area contributed by atoms with E-state index in [0.29, 0.717) is 12.6 Å². The Morgan fingerprint density at radius 1 is 1.53 bits per heavy atom. The third-order valence-corrected chi connectivity index (χ3v) is 2.90. The minimum absolute atomic E-state index is 0.223. The fourth-order valence-corrected chi connectivity index (χ4v) is 2.28. The number of nitrogens with zero attached hydrogens (tertiary/aromatic N) is 1. The highest BCUT2D eigenvalue weighted by Gasteiger charge is 2.25. The molecule has 94 valence electrons. The van der Waals surface area contributed by atoms with Gasteiger partial charge in [0.2, 0.25) is 0 Å². The van der Waals surface area contributed by atoms with Gasteiger partial charge in [0.25, 0.3) is 0 Å². The van der Waals surface area contributed by atoms with Crippen molar-refractivity contribution in [3.8, 4) is 11.5 Å². The van der Waals surface area contributed by atoms with Crippen LogP contribution in [-0.2, 0) is 0 Å². The van der Waals surface area contributed by atoms with Gasteiger partial charge in [-0.15, -0.1) is 0 Å². The fraction of sp³-hybridized carbons (Fsp3) is 0.538. The Balaban J connectivity index is 2.02. The van der Waals surface area contributed by atoms with E-state index in [2.05, 4.69) is 31.2 Å². The smallest absolute Gasteiger partial charge is 0.127 e. The zero-order chi connectivity index (χ0) is 12.4. The summed E-state index contributed by atoms with van der Waals surface area (Å²) in [6.45, 7) is 3.79. The summed E-state index contributed by atoms with van der Waals surface area (Å²) in [4.78, 5) is 2.16. The van der Waals surface area contributed by atoms with Gasteiger partial charge in [0.1, 0.15) is 18.1 Å². The highest BCUT2D eigenvalue weighted by atomic mass is 16.5. The van der Waals surface area contributed by atoms with E-state index >= 15 is 0 Å². The Kier molecular flexibility index (Phi) is 3.54. The van der Waals surface area contributed by atoms with Gasteiger partial charge < -0.3 is 20.1 Å². The number of aromatic hydroxyl groups is 1. The number of hydrogen-bond donors (Lipinski definition) is 2. The van der Waals surface area contributed by atoms with Crippen molar-refractivity contribution in [1.29, 1.82) is 0 Å². The second-order valence-electron chi connectivity index (χ2n) is 4.92. The summed E-state index contributed by atoms with van der Waals surface area (Å²) in [6, 6.07) is 5.93. The Bertz CT molecular complexity index is 393. The first-order valence-electron chi connectivity index (χ1n) is 5.92. The van der Waals surface area contributed by atoms with Crippen LogP contribution in [0.5, 0.6) is 11.5 Å². The molecule has 0 saturated heterocycles. The van der Waals surface area contributed by atoms with E-state index in [9.17, 15) is 5.11 Å². The quantitative estimate of drug-likeness (QED) is 0.828. The van der Waals surface area contributed by atoms with Gasteiger partial charge in [0.05, 0.1) is 6.04 Å². The Labute approximate surface area is 102 Å². The number of fused-ring (bicyclic) bond motifs is 1. The van der Waals surface area contributed by atoms with Crippen molar-refractivity contribution in [1.82, 2.24) is 10.2 Å². The molecule has 0 saturated carbocycles. The molecule has 0 bridgehead atoms. The van der Waals surface area contributed by atoms with Crippen LogP contribution in [0.4, 0.5) is 0 Å². The molecule has 0 radical (unpaired) electrons. The van der Waals surface area contributed by atoms with E-state index in [1.165, 1.54) is 0 Å². The third-order valence-electron chi connectivity index (χ3n) is 2.90. The summed E-state index contributed by atoms with van der Waals surface area (Å²) in [6.07, 6.45) is 0. The highest BCUT2D eigenvalue weighted by Crippen LogP contribution is 2.34. The lowest BCUT2D eigenvalue weighted by molar-refractivity contribution is 0.278. The zero-order valence-electron chi connectivity index (χ0n) is 10.6. The van der Waals surface area contributed by atoms with Crippen LogP contribution < -0.4 is 10.1 Å². The summed E-state index contributed by atoms with van der Waals surface area (Å²) in [5.74, 6) is 1.05. The molecule has 0 aliphatic carbocycles. The van der Waals surface area contributed by atoms with Gasteiger partial charge in [-0.2, -0.15) is 0 Å². The van der Waals surface area contributed by atoms with Crippen molar-refractivity contribution in [2.45, 2.75) is 19.0 Å². The summed E-state index contributed by atoms with van der Waals surface area (Å²) in [5, 5.41) is 12.9. The van der Waals surface area contributed by atoms with Crippen LogP contribution in [0.1, 0.15) is 18.5 Å². The van der Waals surface area contributed by atoms with Crippen LogP contribution in [0.3, 0.4) is 0 Å². The molecule has 1 aliphatic heterocycles. The topological polar surface area (TPSA) is 44.7 Å². The van der Waals surface area contributed by atoms with Crippen LogP contribution in [0.15, 0.2) is 18.2 Å². The van der Waals surface area contributed by atoms with E-state index in [1.54, 1.807) is 12.1 Å². The molecule has 17 heavy (non-hydrogen) atoms. The molecule has 0 amide bonds. The first kappa shape index (κ1) is 12.2. The van der Waals surface area contributed by atoms with Crippen molar-refractivity contribution in [2.75, 3.05) is 27.2 Å². The number of phenolic OH excluding ortho intramolecular Hbond substituents is 1. The lowest BCUT2D eigenvalue weighted by atomic mass is 10.1. The average Bonchev–Trinajstić information content (AvgIpc) is 2.59. The second-order valence-corrected chi connectivity index (χ2v) is 4.92. The SMILES string of the molecule is CC(CN(C)C)NC1COc2cc(O)ccc21. The maximum absolute atomic E-state index is 9.38. The van der Waals surface area contributed by atoms with Gasteiger partial charge >= 0.3 is 0 Å². The van der Waals surface area contributed by atoms with E-state index in [0.717, 1.165) is 17.9 Å². The summed E-state index contributed by atoms with van der Waals surface area (Å²) < 4.78 is 5.56. The number of ether oxygens (including phenoxy) is 1. The minimum atomic E-state index is 0.223. The van der Waals surface area contributed by atoms with Gasteiger partial charge in [0, 0.05) is 24.2 Å². The van der Waals surface area contributed by atoms with E-state index < -0.39 is 0 Å². The number of hydrogen-bond acceptors (Lipinski definition) is 4. The standard InChI is InChI=1S/C13H20N2O2/c1-9(7-15(2)3)14-12-8-17-13-6-10(16)4-5-11(12)13/h4-6,9,12,14,16H,7-8H2,1-3H3. The Morgan fingerprint density at radius 3 is 3.00 bits per heavy atom. The first-order chi connectivity index (χ1) is 8.06. The summed E-state index contributed by atoms with van der Waals surface area (Å²) >= 11 is 0. The first-order valence-corrected chi connectivity index (χ1v) is 5.92. The van der Waals surface area contributed by atoms with Crippen LogP contribution >= 0.6 is 0 Å². The predicted octanol–water partition coefficient (Wildman–Crippen LogP) is 1.37. The fourth-order valence-electron chi connectivity index (χ4n) is 2.28. The maximum Gasteiger partial charge on any atom is 0.127 e. The van der Waals surface area contributed by atoms with Crippen molar-refractivity contribution < 1.29 is 9.84 Å². The average molecular weight is 236 g/mol. The molecule has 2 N–H and O–H groups in total. The largest absolute Gasteiger partial charge is 0.508 e. The van der Waals surface area contributed by atoms with Crippen molar-refractivity contribution in [3.05, 3.63) is 23.8 Å². The maximum atomic E-state index is 9.38. The molecular formula is C13H20N2O2. The van der Waals surface area contributed by atoms with E-state index in [4.69, 9.17) is 4.74 Å². The molecule has 1 aromatic rings. The van der Waals surface area contributed by atoms with Crippen molar-refractivity contribution in [2.24, 2.45) is 0 Å². The highest BCUT2D eigenvalue weighted by molar-refractivity contribution is 5.44. The molecule has 1 heterocycles. The molecule has 2 rings (SSSR count). The molecule has 0 fully saturated rings. The van der Waals surface area contributed by atoms with Crippen LogP contribution in [0.2, 0.25) is 0 Å². The van der Waals surface area contributed by atoms with E-state index in [1.807, 2.05) is 6.07 Å². The molecule has 2 unspecified atom stereocenters. The second kappa shape index (κ2) is 4.94. The van der Waals surface area contributed by atoms with Crippen LogP contribution in [-0.4, -0.2) is 43.3 Å². The predicted molar refractivity (Wildman–Crippen MR) is 67.5 cm³/mol. The number of phenols is 1. The Morgan fingerprint density at radius 2 is 2.29 bits per heavy atom. The Hall–Kier alpha value is -1.26. The number of nitrogens with one attached hydrogen (secondary N) is 1. The van der Waals surface area contributed by atoms with Gasteiger partial charge in [0.15, 0.2) is 0 Å². The molecule has 2 atom stereocenters. The van der Waals surface area contributed by atoms with Gasteiger partial charge in [-0.05, 0) is 33.2 Å². The molecule has 0 spiro atoms. The number of likely N-dealkylation sites (N-methyl/N-ethyl adjacent to an activating group) is 1. The minimum Gasteiger partial charge on any atom is -0.508 e. The molecule has 0 aromatic heterocycles. The third kappa shape index (κ3) is 2.90. The molecule has 4 heteroatoms. The molecule has 1 aliphatic rings. The number of rotatable bonds is 4. The van der Waals surface area contributed by atoms with Gasteiger partial charge in [-0.1, -0.05) is 0 Å². The van der Waals surface area contributed by atoms with E-state index in [-0.39, 0.29) is 11.8 Å². The van der Waals surface area contributed by atoms with Crippen molar-refractivity contribution in [3.63, 3.8) is 0 Å². The van der Waals surface area contributed by atoms with Crippen LogP contribution in [0.25, 0.3) is 0 Å². The van der Waals surface area contributed by atoms with Gasteiger partial charge in [-0.25, -0.2) is 0 Å². The molecule has 4 nitrogen and oxygen atoms in total.